The summed E-state index contributed by atoms with van der Waals surface area (Å²) in [5.74, 6) is 0. The van der Waals surface area contributed by atoms with Crippen LogP contribution in [0.5, 0.6) is 0 Å². The van der Waals surface area contributed by atoms with E-state index in [4.69, 9.17) is 5.26 Å². The maximum Gasteiger partial charge on any atom is 0.130 e. The fraction of sp³-hybridized carbons (Fsp3) is 0. The minimum absolute atomic E-state index is 0. The van der Waals surface area contributed by atoms with Gasteiger partial charge < -0.3 is 6.15 Å². The van der Waals surface area contributed by atoms with E-state index in [1.165, 1.54) is 5.40 Å². The van der Waals surface area contributed by atoms with Crippen molar-refractivity contribution in [3.8, 4) is 5.40 Å². The van der Waals surface area contributed by atoms with E-state index in [-0.39, 0.29) is 23.2 Å². The van der Waals surface area contributed by atoms with Crippen LogP contribution in [0.2, 0.25) is 0 Å². The van der Waals surface area contributed by atoms with Gasteiger partial charge in [-0.05, 0) is 0 Å². The van der Waals surface area contributed by atoms with Gasteiger partial charge in [0.15, 0.2) is 0 Å². The molecule has 0 aliphatic carbocycles. The normalized spacial score (nSPS) is 1.60. The van der Waals surface area contributed by atoms with Gasteiger partial charge in [-0.2, -0.15) is 5.26 Å². The molecular weight excluding hydrogens is 128 g/mol. The second-order valence-electron chi connectivity index (χ2n) is 0.100. The number of thiocyanates is 1. The summed E-state index contributed by atoms with van der Waals surface area (Å²) < 4.78 is 0. The van der Waals surface area contributed by atoms with Crippen LogP contribution in [0.25, 0.3) is 0 Å². The molecule has 0 aromatic carbocycles. The van der Waals surface area contributed by atoms with Crippen molar-refractivity contribution in [1.29, 1.82) is 5.26 Å². The molecule has 0 bridgehead atoms. The average Bonchev–Trinajstić information content (AvgIpc) is 0.918. The van der Waals surface area contributed by atoms with Crippen LogP contribution in [0.4, 0.5) is 0 Å². The smallest absolute Gasteiger partial charge is 0.130 e. The molecule has 0 aliphatic heterocycles. The van der Waals surface area contributed by atoms with Crippen molar-refractivity contribution < 1.29 is 17.1 Å². The monoisotopic (exact) mass is 132 g/mol. The third-order valence-electron chi connectivity index (χ3n) is 0. The Morgan fingerprint density at radius 1 is 1.60 bits per heavy atom. The third-order valence-corrected chi connectivity index (χ3v) is 0. The summed E-state index contributed by atoms with van der Waals surface area (Å²) in [7, 11) is 0. The van der Waals surface area contributed by atoms with Crippen LogP contribution in [0, 0.1) is 10.7 Å². The average molecular weight is 132 g/mol. The number of hydrogen-bond acceptors (Lipinski definition) is 3. The van der Waals surface area contributed by atoms with Crippen molar-refractivity contribution >= 4 is 12.6 Å². The van der Waals surface area contributed by atoms with Crippen LogP contribution >= 0.6 is 12.6 Å². The van der Waals surface area contributed by atoms with Gasteiger partial charge in [-0.1, -0.05) is 12.6 Å². The predicted octanol–water partition coefficient (Wildman–Crippen LogP) is 0.557. The van der Waals surface area contributed by atoms with E-state index in [0.29, 0.717) is 0 Å². The molecule has 32 valence electrons. The minimum Gasteiger partial charge on any atom is -0.344 e. The Morgan fingerprint density at radius 2 is 1.60 bits per heavy atom. The van der Waals surface area contributed by atoms with Crippen molar-refractivity contribution in [2.45, 2.75) is 0 Å². The molecule has 4 heteroatoms. The van der Waals surface area contributed by atoms with Crippen LogP contribution in [-0.4, -0.2) is 0 Å². The Balaban J connectivity index is -0.0000000200. The van der Waals surface area contributed by atoms with Gasteiger partial charge >= 0.3 is 0 Å². The second-order valence-corrected chi connectivity index (χ2v) is 0.300. The fourth-order valence-electron chi connectivity index (χ4n) is 0. The van der Waals surface area contributed by atoms with Gasteiger partial charge in [-0.15, -0.1) is 0 Å². The molecule has 0 aromatic rings. The van der Waals surface area contributed by atoms with E-state index in [1.54, 1.807) is 0 Å². The molecule has 0 spiro atoms. The van der Waals surface area contributed by atoms with Gasteiger partial charge in [0.1, 0.15) is 5.40 Å². The van der Waals surface area contributed by atoms with E-state index in [9.17, 15) is 0 Å². The quantitative estimate of drug-likeness (QED) is 0.287. The molecule has 0 radical (unpaired) electrons. The molecular formula is CH4FeN2S. The summed E-state index contributed by atoms with van der Waals surface area (Å²) in [6.45, 7) is 0. The SMILES string of the molecule is N.N#CS.[Fe]. The van der Waals surface area contributed by atoms with E-state index >= 15 is 0 Å². The molecule has 0 saturated carbocycles. The van der Waals surface area contributed by atoms with Crippen molar-refractivity contribution in [1.82, 2.24) is 6.15 Å². The fourth-order valence-corrected chi connectivity index (χ4v) is 0. The largest absolute Gasteiger partial charge is 0.344 e. The van der Waals surface area contributed by atoms with Crippen molar-refractivity contribution in [2.24, 2.45) is 0 Å². The molecule has 5 heavy (non-hydrogen) atoms. The Morgan fingerprint density at radius 3 is 1.60 bits per heavy atom. The Kier molecular flexibility index (Phi) is 101. The maximum atomic E-state index is 7.18. The molecule has 0 aromatic heterocycles. The molecule has 3 N–H and O–H groups in total. The molecule has 0 heterocycles. The summed E-state index contributed by atoms with van der Waals surface area (Å²) >= 11 is 3.09. The Hall–Kier alpha value is 0.319. The zero-order valence-corrected chi connectivity index (χ0v) is 4.45. The number of thiol groups is 1. The van der Waals surface area contributed by atoms with Crippen LogP contribution in [0.15, 0.2) is 0 Å². The molecule has 0 fully saturated rings. The predicted molar refractivity (Wildman–Crippen MR) is 19.6 cm³/mol. The molecule has 0 atom stereocenters. The summed E-state index contributed by atoms with van der Waals surface area (Å²) in [4.78, 5) is 0. The first-order valence-electron chi connectivity index (χ1n) is 0.447. The Bertz CT molecular complexity index is 31.1. The molecule has 2 nitrogen and oxygen atoms in total. The van der Waals surface area contributed by atoms with Gasteiger partial charge in [0.05, 0.1) is 0 Å². The van der Waals surface area contributed by atoms with Gasteiger partial charge in [0, 0.05) is 17.1 Å². The summed E-state index contributed by atoms with van der Waals surface area (Å²) in [6, 6.07) is 0. The van der Waals surface area contributed by atoms with Crippen LogP contribution < -0.4 is 6.15 Å². The summed E-state index contributed by atoms with van der Waals surface area (Å²) in [5.41, 5.74) is 0. The molecule has 0 saturated heterocycles. The van der Waals surface area contributed by atoms with Crippen molar-refractivity contribution in [3.05, 3.63) is 0 Å². The van der Waals surface area contributed by atoms with E-state index in [0.717, 1.165) is 0 Å². The van der Waals surface area contributed by atoms with Gasteiger partial charge in [0.2, 0.25) is 0 Å². The van der Waals surface area contributed by atoms with Crippen molar-refractivity contribution in [2.75, 3.05) is 0 Å². The molecule has 0 aliphatic rings. The molecule has 0 rings (SSSR count). The Labute approximate surface area is 47.0 Å². The van der Waals surface area contributed by atoms with Gasteiger partial charge in [0.25, 0.3) is 0 Å². The van der Waals surface area contributed by atoms with Crippen LogP contribution in [0.3, 0.4) is 0 Å². The summed E-state index contributed by atoms with van der Waals surface area (Å²) in [5, 5.41) is 8.63. The first-order chi connectivity index (χ1) is 1.41. The minimum atomic E-state index is 0. The topological polar surface area (TPSA) is 58.8 Å². The number of rotatable bonds is 0. The molecule has 0 unspecified atom stereocenters. The number of nitriles is 1. The first-order valence-corrected chi connectivity index (χ1v) is 0.894. The first kappa shape index (κ1) is 18.4. The van der Waals surface area contributed by atoms with E-state index in [2.05, 4.69) is 12.6 Å². The second kappa shape index (κ2) is 27.3. The van der Waals surface area contributed by atoms with E-state index < -0.39 is 0 Å². The van der Waals surface area contributed by atoms with Gasteiger partial charge in [-0.25, -0.2) is 0 Å². The van der Waals surface area contributed by atoms with Crippen LogP contribution in [-0.2, 0) is 17.1 Å². The van der Waals surface area contributed by atoms with Crippen LogP contribution in [0.1, 0.15) is 0 Å². The molecule has 0 amide bonds. The summed E-state index contributed by atoms with van der Waals surface area (Å²) in [6.07, 6.45) is 0. The number of hydrogen-bond donors (Lipinski definition) is 2. The van der Waals surface area contributed by atoms with Crippen molar-refractivity contribution in [3.63, 3.8) is 0 Å². The maximum absolute atomic E-state index is 7.18. The van der Waals surface area contributed by atoms with E-state index in [1.807, 2.05) is 0 Å². The zero-order valence-electron chi connectivity index (χ0n) is 2.46. The third kappa shape index (κ3) is 228. The van der Waals surface area contributed by atoms with Gasteiger partial charge in [-0.3, -0.25) is 0 Å². The number of nitrogens with zero attached hydrogens (tertiary/aromatic N) is 1. The zero-order chi connectivity index (χ0) is 2.71. The standard InChI is InChI=1S/CHNS.Fe.H3N/c2-1-3;;/h3H;;1H3.